The Morgan fingerprint density at radius 1 is 1.33 bits per heavy atom. The zero-order chi connectivity index (χ0) is 13.3. The van der Waals surface area contributed by atoms with E-state index < -0.39 is 34.5 Å². The minimum atomic E-state index is -1.51. The monoisotopic (exact) mass is 251 g/mol. The Kier molecular flexibility index (Phi) is 2.80. The third-order valence-corrected chi connectivity index (χ3v) is 2.23. The number of carboxylic acids is 1. The number of aromatic carboxylic acids is 1. The Labute approximate surface area is 98.6 Å². The zero-order valence-electron chi connectivity index (χ0n) is 8.77. The number of carboxylic acid groups (broad SMARTS) is 1. The van der Waals surface area contributed by atoms with Gasteiger partial charge in [-0.05, 0) is 12.1 Å². The summed E-state index contributed by atoms with van der Waals surface area (Å²) in [4.78, 5) is 33.9. The van der Waals surface area contributed by atoms with E-state index >= 15 is 0 Å². The molecule has 0 radical (unpaired) electrons. The van der Waals surface area contributed by atoms with Crippen LogP contribution in [0, 0.1) is 5.82 Å². The number of aromatic nitrogens is 1. The summed E-state index contributed by atoms with van der Waals surface area (Å²) < 4.78 is 17.2. The van der Waals surface area contributed by atoms with E-state index in [2.05, 4.69) is 4.52 Å². The van der Waals surface area contributed by atoms with Gasteiger partial charge in [0.25, 0.3) is 0 Å². The van der Waals surface area contributed by atoms with Crippen LogP contribution >= 0.6 is 0 Å². The van der Waals surface area contributed by atoms with Crippen LogP contribution in [-0.4, -0.2) is 22.0 Å². The van der Waals surface area contributed by atoms with Gasteiger partial charge in [0.2, 0.25) is 5.78 Å². The first-order chi connectivity index (χ1) is 8.50. The Morgan fingerprint density at radius 2 is 2.06 bits per heavy atom. The number of nitrogens with one attached hydrogen (secondary N) is 1. The number of carbonyl (C=O) groups is 2. The van der Waals surface area contributed by atoms with E-state index in [-0.39, 0.29) is 5.56 Å². The summed E-state index contributed by atoms with van der Waals surface area (Å²) in [5.74, 6) is -3.10. The highest BCUT2D eigenvalue weighted by Crippen LogP contribution is 2.11. The Morgan fingerprint density at radius 3 is 2.67 bits per heavy atom. The van der Waals surface area contributed by atoms with Gasteiger partial charge in [0, 0.05) is 5.56 Å². The average Bonchev–Trinajstić information content (AvgIpc) is 2.70. The van der Waals surface area contributed by atoms with E-state index in [9.17, 15) is 18.8 Å². The molecule has 0 amide bonds. The smallest absolute Gasteiger partial charge is 0.369 e. The topological polar surface area (TPSA) is 100 Å². The lowest BCUT2D eigenvalue weighted by molar-refractivity contribution is 0.0682. The highest BCUT2D eigenvalue weighted by Gasteiger charge is 2.25. The maximum Gasteiger partial charge on any atom is 0.369 e. The standard InChI is InChI=1S/C11H6FNO5/c12-6-3-1-2-5(4-6)9(14)7-8(10(15)16)13-18-11(7)17/h1-4,13H,(H,15,16). The second kappa shape index (κ2) is 4.28. The maximum absolute atomic E-state index is 13.0. The van der Waals surface area contributed by atoms with Crippen LogP contribution in [0.25, 0.3) is 0 Å². The van der Waals surface area contributed by atoms with Gasteiger partial charge in [0.15, 0.2) is 5.69 Å². The van der Waals surface area contributed by atoms with Gasteiger partial charge in [-0.15, -0.1) is 0 Å². The predicted molar refractivity (Wildman–Crippen MR) is 56.1 cm³/mol. The largest absolute Gasteiger partial charge is 0.476 e. The third-order valence-electron chi connectivity index (χ3n) is 2.23. The number of hydrogen-bond donors (Lipinski definition) is 2. The number of ketones is 1. The van der Waals surface area contributed by atoms with Gasteiger partial charge in [-0.3, -0.25) is 4.79 Å². The van der Waals surface area contributed by atoms with E-state index in [1.807, 2.05) is 5.16 Å². The summed E-state index contributed by atoms with van der Waals surface area (Å²) in [5.41, 5.74) is -2.56. The van der Waals surface area contributed by atoms with Crippen molar-refractivity contribution in [1.29, 1.82) is 0 Å². The van der Waals surface area contributed by atoms with Crippen LogP contribution < -0.4 is 5.63 Å². The lowest BCUT2D eigenvalue weighted by Crippen LogP contribution is -2.16. The Hall–Kier alpha value is -2.70. The molecule has 18 heavy (non-hydrogen) atoms. The summed E-state index contributed by atoms with van der Waals surface area (Å²) >= 11 is 0. The van der Waals surface area contributed by atoms with Crippen LogP contribution in [0.15, 0.2) is 33.6 Å². The van der Waals surface area contributed by atoms with Gasteiger partial charge in [0.05, 0.1) is 0 Å². The molecule has 0 aliphatic heterocycles. The molecule has 1 aromatic carbocycles. The maximum atomic E-state index is 13.0. The van der Waals surface area contributed by atoms with E-state index in [0.29, 0.717) is 0 Å². The van der Waals surface area contributed by atoms with Gasteiger partial charge >= 0.3 is 11.6 Å². The molecule has 92 valence electrons. The average molecular weight is 251 g/mol. The van der Waals surface area contributed by atoms with Gasteiger partial charge < -0.3 is 9.63 Å². The fourth-order valence-electron chi connectivity index (χ4n) is 1.43. The molecule has 0 fully saturated rings. The fourth-order valence-corrected chi connectivity index (χ4v) is 1.43. The van der Waals surface area contributed by atoms with E-state index in [0.717, 1.165) is 12.1 Å². The predicted octanol–water partition coefficient (Wildman–Crippen LogP) is 1.04. The number of rotatable bonds is 3. The van der Waals surface area contributed by atoms with Crippen molar-refractivity contribution in [1.82, 2.24) is 5.16 Å². The molecule has 0 saturated heterocycles. The fraction of sp³-hybridized carbons (Fsp3) is 0. The van der Waals surface area contributed by atoms with Crippen molar-refractivity contribution in [2.24, 2.45) is 0 Å². The molecule has 0 unspecified atom stereocenters. The zero-order valence-corrected chi connectivity index (χ0v) is 8.77. The minimum absolute atomic E-state index is 0.135. The van der Waals surface area contributed by atoms with Crippen molar-refractivity contribution < 1.29 is 23.6 Å². The Balaban J connectivity index is 2.56. The number of aromatic amines is 1. The number of hydrogen-bond acceptors (Lipinski definition) is 4. The Bertz CT molecular complexity index is 685. The van der Waals surface area contributed by atoms with Gasteiger partial charge in [-0.2, -0.15) is 0 Å². The van der Waals surface area contributed by atoms with Crippen LogP contribution in [0.1, 0.15) is 26.4 Å². The van der Waals surface area contributed by atoms with Crippen LogP contribution in [0.3, 0.4) is 0 Å². The number of halogens is 1. The first kappa shape index (κ1) is 11.8. The molecule has 0 atom stereocenters. The summed E-state index contributed by atoms with van der Waals surface area (Å²) in [5, 5.41) is 10.6. The molecule has 0 bridgehead atoms. The summed E-state index contributed by atoms with van der Waals surface area (Å²) in [7, 11) is 0. The quantitative estimate of drug-likeness (QED) is 0.793. The molecule has 1 heterocycles. The molecule has 2 aromatic rings. The molecule has 2 N–H and O–H groups in total. The first-order valence-electron chi connectivity index (χ1n) is 4.75. The molecule has 7 heteroatoms. The van der Waals surface area contributed by atoms with Gasteiger partial charge in [-0.25, -0.2) is 19.1 Å². The second-order valence-corrected chi connectivity index (χ2v) is 3.39. The van der Waals surface area contributed by atoms with E-state index in [4.69, 9.17) is 5.11 Å². The molecular weight excluding hydrogens is 245 g/mol. The molecule has 0 aliphatic carbocycles. The van der Waals surface area contributed by atoms with Crippen LogP contribution in [0.5, 0.6) is 0 Å². The van der Waals surface area contributed by atoms with Crippen LogP contribution in [0.4, 0.5) is 4.39 Å². The lowest BCUT2D eigenvalue weighted by Gasteiger charge is -1.98. The van der Waals surface area contributed by atoms with Crippen LogP contribution in [0.2, 0.25) is 0 Å². The van der Waals surface area contributed by atoms with Crippen molar-refractivity contribution in [3.63, 3.8) is 0 Å². The molecule has 0 spiro atoms. The number of benzene rings is 1. The van der Waals surface area contributed by atoms with Crippen molar-refractivity contribution >= 4 is 11.8 Å². The summed E-state index contributed by atoms with van der Waals surface area (Å²) in [6.45, 7) is 0. The molecule has 0 saturated carbocycles. The number of H-pyrrole nitrogens is 1. The molecule has 6 nitrogen and oxygen atoms in total. The van der Waals surface area contributed by atoms with Crippen molar-refractivity contribution in [3.05, 3.63) is 57.3 Å². The van der Waals surface area contributed by atoms with Crippen molar-refractivity contribution in [3.8, 4) is 0 Å². The van der Waals surface area contributed by atoms with Crippen LogP contribution in [-0.2, 0) is 0 Å². The molecule has 0 aliphatic rings. The molecular formula is C11H6FNO5. The van der Waals surface area contributed by atoms with E-state index in [1.165, 1.54) is 12.1 Å². The van der Waals surface area contributed by atoms with Gasteiger partial charge in [0.1, 0.15) is 11.4 Å². The molecule has 1 aromatic heterocycles. The normalized spacial score (nSPS) is 10.3. The van der Waals surface area contributed by atoms with Crippen molar-refractivity contribution in [2.45, 2.75) is 0 Å². The highest BCUT2D eigenvalue weighted by atomic mass is 19.1. The van der Waals surface area contributed by atoms with Crippen molar-refractivity contribution in [2.75, 3.05) is 0 Å². The highest BCUT2D eigenvalue weighted by molar-refractivity contribution is 6.13. The number of carbonyl (C=O) groups excluding carboxylic acids is 1. The second-order valence-electron chi connectivity index (χ2n) is 3.39. The lowest BCUT2D eigenvalue weighted by atomic mass is 10.0. The SMILES string of the molecule is O=C(O)c1[nH]oc(=O)c1C(=O)c1cccc(F)c1. The third kappa shape index (κ3) is 1.93. The van der Waals surface area contributed by atoms with Gasteiger partial charge in [-0.1, -0.05) is 12.1 Å². The summed E-state index contributed by atoms with van der Waals surface area (Å²) in [6, 6.07) is 4.57. The van der Waals surface area contributed by atoms with E-state index in [1.54, 1.807) is 0 Å². The molecule has 2 rings (SSSR count). The summed E-state index contributed by atoms with van der Waals surface area (Å²) in [6.07, 6.45) is 0. The first-order valence-corrected chi connectivity index (χ1v) is 4.75. The minimum Gasteiger partial charge on any atom is -0.476 e.